The van der Waals surface area contributed by atoms with Gasteiger partial charge in [0.2, 0.25) is 5.88 Å². The Morgan fingerprint density at radius 1 is 1.29 bits per heavy atom. The van der Waals surface area contributed by atoms with Crippen LogP contribution in [0.2, 0.25) is 5.02 Å². The van der Waals surface area contributed by atoms with Crippen molar-refractivity contribution in [1.82, 2.24) is 15.2 Å². The minimum atomic E-state index is 0.0393. The molecule has 4 nitrogen and oxygen atoms in total. The Labute approximate surface area is 132 Å². The zero-order chi connectivity index (χ0) is 15.3. The van der Waals surface area contributed by atoms with Crippen LogP contribution >= 0.6 is 11.6 Å². The lowest BCUT2D eigenvalue weighted by atomic mass is 10.1. The fourth-order valence-corrected chi connectivity index (χ4v) is 2.48. The van der Waals surface area contributed by atoms with Crippen LogP contribution in [0, 0.1) is 0 Å². The molecule has 1 saturated heterocycles. The van der Waals surface area contributed by atoms with Gasteiger partial charge in [-0.05, 0) is 52.8 Å². The molecule has 118 valence electrons. The molecule has 2 heterocycles. The maximum Gasteiger partial charge on any atom is 0.213 e. The normalized spacial score (nSPS) is 16.4. The van der Waals surface area contributed by atoms with Crippen LogP contribution in [0.25, 0.3) is 0 Å². The van der Waals surface area contributed by atoms with E-state index in [1.165, 1.54) is 25.9 Å². The largest absolute Gasteiger partial charge is 0.476 e. The first-order valence-corrected chi connectivity index (χ1v) is 8.07. The SMILES string of the molecule is CC(C)(C)NCc1nc(OCCN2CCCC2)ccc1Cl. The molecule has 0 radical (unpaired) electrons. The van der Waals surface area contributed by atoms with Gasteiger partial charge in [0.25, 0.3) is 0 Å². The summed E-state index contributed by atoms with van der Waals surface area (Å²) in [6.07, 6.45) is 2.61. The summed E-state index contributed by atoms with van der Waals surface area (Å²) in [5.41, 5.74) is 0.878. The number of nitrogens with zero attached hydrogens (tertiary/aromatic N) is 2. The lowest BCUT2D eigenvalue weighted by Crippen LogP contribution is -2.35. The van der Waals surface area contributed by atoms with Gasteiger partial charge in [-0.15, -0.1) is 0 Å². The van der Waals surface area contributed by atoms with Gasteiger partial charge in [-0.1, -0.05) is 11.6 Å². The second-order valence-electron chi connectivity index (χ2n) is 6.58. The molecule has 2 rings (SSSR count). The molecule has 0 unspecified atom stereocenters. The van der Waals surface area contributed by atoms with E-state index in [1.807, 2.05) is 12.1 Å². The summed E-state index contributed by atoms with van der Waals surface area (Å²) in [7, 11) is 0. The van der Waals surface area contributed by atoms with Crippen molar-refractivity contribution in [2.45, 2.75) is 45.7 Å². The molecule has 0 bridgehead atoms. The molecule has 0 aliphatic carbocycles. The molecule has 1 N–H and O–H groups in total. The number of nitrogens with one attached hydrogen (secondary N) is 1. The standard InChI is InChI=1S/C16H26ClN3O/c1-16(2,3)18-12-14-13(17)6-7-15(19-14)21-11-10-20-8-4-5-9-20/h6-7,18H,4-5,8-12H2,1-3H3. The van der Waals surface area contributed by atoms with Crippen LogP contribution in [0.3, 0.4) is 0 Å². The lowest BCUT2D eigenvalue weighted by molar-refractivity contribution is 0.231. The van der Waals surface area contributed by atoms with E-state index in [4.69, 9.17) is 16.3 Å². The average molecular weight is 312 g/mol. The molecule has 5 heteroatoms. The van der Waals surface area contributed by atoms with Crippen molar-refractivity contribution < 1.29 is 4.74 Å². The van der Waals surface area contributed by atoms with E-state index in [1.54, 1.807) is 0 Å². The molecule has 0 atom stereocenters. The summed E-state index contributed by atoms with van der Waals surface area (Å²) >= 11 is 6.20. The van der Waals surface area contributed by atoms with Crippen LogP contribution in [0.15, 0.2) is 12.1 Å². The molecule has 0 spiro atoms. The molecule has 1 aliphatic rings. The van der Waals surface area contributed by atoms with Gasteiger partial charge in [-0.2, -0.15) is 0 Å². The molecule has 1 aromatic rings. The number of hydrogen-bond acceptors (Lipinski definition) is 4. The minimum absolute atomic E-state index is 0.0393. The van der Waals surface area contributed by atoms with E-state index < -0.39 is 0 Å². The maximum absolute atomic E-state index is 6.20. The van der Waals surface area contributed by atoms with E-state index in [0.29, 0.717) is 24.1 Å². The predicted octanol–water partition coefficient (Wildman–Crippen LogP) is 3.10. The molecule has 0 aromatic carbocycles. The third-order valence-corrected chi connectivity index (χ3v) is 3.88. The Bertz CT molecular complexity index is 453. The molecule has 0 amide bonds. The van der Waals surface area contributed by atoms with Crippen LogP contribution in [-0.2, 0) is 6.54 Å². The van der Waals surface area contributed by atoms with E-state index in [2.05, 4.69) is 36.0 Å². The maximum atomic E-state index is 6.20. The Hall–Kier alpha value is -0.840. The minimum Gasteiger partial charge on any atom is -0.476 e. The first-order valence-electron chi connectivity index (χ1n) is 7.70. The summed E-state index contributed by atoms with van der Waals surface area (Å²) in [6, 6.07) is 3.70. The highest BCUT2D eigenvalue weighted by atomic mass is 35.5. The molecular weight excluding hydrogens is 286 g/mol. The first-order chi connectivity index (χ1) is 9.94. The fourth-order valence-electron chi connectivity index (χ4n) is 2.30. The van der Waals surface area contributed by atoms with Crippen molar-refractivity contribution >= 4 is 11.6 Å². The molecule has 21 heavy (non-hydrogen) atoms. The van der Waals surface area contributed by atoms with Crippen molar-refractivity contribution in [2.75, 3.05) is 26.2 Å². The van der Waals surface area contributed by atoms with Crippen LogP contribution in [0.4, 0.5) is 0 Å². The monoisotopic (exact) mass is 311 g/mol. The quantitative estimate of drug-likeness (QED) is 0.876. The summed E-state index contributed by atoms with van der Waals surface area (Å²) in [5.74, 6) is 0.657. The number of pyridine rings is 1. The first kappa shape index (κ1) is 16.5. The van der Waals surface area contributed by atoms with E-state index >= 15 is 0 Å². The third kappa shape index (κ3) is 5.81. The molecule has 1 fully saturated rings. The second-order valence-corrected chi connectivity index (χ2v) is 6.99. The molecule has 0 saturated carbocycles. The average Bonchev–Trinajstić information content (AvgIpc) is 2.91. The van der Waals surface area contributed by atoms with Crippen molar-refractivity contribution in [3.05, 3.63) is 22.8 Å². The fraction of sp³-hybridized carbons (Fsp3) is 0.688. The van der Waals surface area contributed by atoms with Crippen LogP contribution < -0.4 is 10.1 Å². The molecule has 1 aromatic heterocycles. The Morgan fingerprint density at radius 2 is 2.00 bits per heavy atom. The van der Waals surface area contributed by atoms with Gasteiger partial charge >= 0.3 is 0 Å². The number of hydrogen-bond donors (Lipinski definition) is 1. The number of rotatable bonds is 6. The van der Waals surface area contributed by atoms with Gasteiger partial charge in [0.05, 0.1) is 10.7 Å². The summed E-state index contributed by atoms with van der Waals surface area (Å²) in [6.45, 7) is 11.1. The van der Waals surface area contributed by atoms with Crippen molar-refractivity contribution in [2.24, 2.45) is 0 Å². The lowest BCUT2D eigenvalue weighted by Gasteiger charge is -2.21. The number of likely N-dealkylation sites (tertiary alicyclic amines) is 1. The van der Waals surface area contributed by atoms with Crippen LogP contribution in [-0.4, -0.2) is 41.7 Å². The Kier molecular flexibility index (Phi) is 5.85. The number of aromatic nitrogens is 1. The highest BCUT2D eigenvalue weighted by molar-refractivity contribution is 6.31. The van der Waals surface area contributed by atoms with Gasteiger partial charge in [0, 0.05) is 24.7 Å². The van der Waals surface area contributed by atoms with Crippen LogP contribution in [0.1, 0.15) is 39.3 Å². The van der Waals surface area contributed by atoms with E-state index in [0.717, 1.165) is 12.2 Å². The highest BCUT2D eigenvalue weighted by Crippen LogP contribution is 2.19. The van der Waals surface area contributed by atoms with Gasteiger partial charge in [-0.25, -0.2) is 4.98 Å². The van der Waals surface area contributed by atoms with Crippen molar-refractivity contribution in [1.29, 1.82) is 0 Å². The molecule has 1 aliphatic heterocycles. The van der Waals surface area contributed by atoms with E-state index in [9.17, 15) is 0 Å². The van der Waals surface area contributed by atoms with Crippen LogP contribution in [0.5, 0.6) is 5.88 Å². The van der Waals surface area contributed by atoms with Gasteiger partial charge in [-0.3, -0.25) is 4.90 Å². The van der Waals surface area contributed by atoms with Crippen molar-refractivity contribution in [3.63, 3.8) is 0 Å². The molecular formula is C16H26ClN3O. The Balaban J connectivity index is 1.85. The van der Waals surface area contributed by atoms with Gasteiger partial charge < -0.3 is 10.1 Å². The predicted molar refractivity (Wildman–Crippen MR) is 87.0 cm³/mol. The summed E-state index contributed by atoms with van der Waals surface area (Å²) < 4.78 is 5.76. The Morgan fingerprint density at radius 3 is 2.67 bits per heavy atom. The zero-order valence-corrected chi connectivity index (χ0v) is 14.0. The number of halogens is 1. The van der Waals surface area contributed by atoms with E-state index in [-0.39, 0.29) is 5.54 Å². The third-order valence-electron chi connectivity index (χ3n) is 3.54. The van der Waals surface area contributed by atoms with Crippen molar-refractivity contribution in [3.8, 4) is 5.88 Å². The zero-order valence-electron chi connectivity index (χ0n) is 13.3. The van der Waals surface area contributed by atoms with Gasteiger partial charge in [0.1, 0.15) is 6.61 Å². The van der Waals surface area contributed by atoms with Gasteiger partial charge in [0.15, 0.2) is 0 Å². The smallest absolute Gasteiger partial charge is 0.213 e. The summed E-state index contributed by atoms with van der Waals surface area (Å²) in [4.78, 5) is 6.93. The topological polar surface area (TPSA) is 37.4 Å². The summed E-state index contributed by atoms with van der Waals surface area (Å²) in [5, 5.41) is 4.08. The highest BCUT2D eigenvalue weighted by Gasteiger charge is 2.13. The second kappa shape index (κ2) is 7.43. The number of ether oxygens (including phenoxy) is 1.